The van der Waals surface area contributed by atoms with Crippen LogP contribution < -0.4 is 16.4 Å². The van der Waals surface area contributed by atoms with E-state index in [0.717, 1.165) is 18.6 Å². The molecule has 0 saturated heterocycles. The molecular weight excluding hydrogens is 332 g/mol. The number of urea groups is 1. The van der Waals surface area contributed by atoms with Gasteiger partial charge in [0.1, 0.15) is 11.6 Å². The van der Waals surface area contributed by atoms with Crippen molar-refractivity contribution in [3.8, 4) is 0 Å². The van der Waals surface area contributed by atoms with Crippen LogP contribution in [0.1, 0.15) is 13.3 Å². The molecule has 0 radical (unpaired) electrons. The molecule has 8 heteroatoms. The van der Waals surface area contributed by atoms with E-state index in [4.69, 9.17) is 4.42 Å². The summed E-state index contributed by atoms with van der Waals surface area (Å²) >= 11 is 0. The van der Waals surface area contributed by atoms with Crippen molar-refractivity contribution in [3.05, 3.63) is 58.6 Å². The Balaban J connectivity index is 1.78. The van der Waals surface area contributed by atoms with Crippen LogP contribution in [0.15, 0.2) is 45.6 Å². The van der Waals surface area contributed by atoms with E-state index in [0.29, 0.717) is 29.4 Å². The number of anilines is 2. The molecule has 0 aliphatic carbocycles. The topological polar surface area (TPSA) is 76.3 Å². The highest BCUT2D eigenvalue weighted by Gasteiger charge is 2.11. The van der Waals surface area contributed by atoms with Gasteiger partial charge in [0.15, 0.2) is 5.58 Å². The van der Waals surface area contributed by atoms with Gasteiger partial charge < -0.3 is 15.1 Å². The van der Waals surface area contributed by atoms with Crippen molar-refractivity contribution >= 4 is 28.5 Å². The summed E-state index contributed by atoms with van der Waals surface area (Å²) in [6, 6.07) is 6.89. The van der Waals surface area contributed by atoms with Crippen molar-refractivity contribution < 1.29 is 18.0 Å². The van der Waals surface area contributed by atoms with Crippen molar-refractivity contribution in [2.75, 3.05) is 10.6 Å². The molecule has 0 aliphatic rings. The summed E-state index contributed by atoms with van der Waals surface area (Å²) in [6.07, 6.45) is 0.778. The van der Waals surface area contributed by atoms with Gasteiger partial charge in [-0.15, -0.1) is 0 Å². The summed E-state index contributed by atoms with van der Waals surface area (Å²) in [4.78, 5) is 23.7. The molecule has 3 rings (SSSR count). The second kappa shape index (κ2) is 6.76. The van der Waals surface area contributed by atoms with Gasteiger partial charge in [-0.2, -0.15) is 0 Å². The molecule has 0 aliphatic heterocycles. The Morgan fingerprint density at radius 1 is 1.16 bits per heavy atom. The molecule has 2 amide bonds. The molecular formula is C17H15F2N3O3. The average molecular weight is 347 g/mol. The van der Waals surface area contributed by atoms with Crippen LogP contribution >= 0.6 is 0 Å². The molecule has 2 N–H and O–H groups in total. The maximum Gasteiger partial charge on any atom is 0.419 e. The van der Waals surface area contributed by atoms with Gasteiger partial charge in [-0.05, 0) is 30.7 Å². The Hall–Kier alpha value is -3.16. The third-order valence-corrected chi connectivity index (χ3v) is 3.55. The minimum absolute atomic E-state index is 0.152. The van der Waals surface area contributed by atoms with Crippen LogP contribution in [0.3, 0.4) is 0 Å². The number of benzene rings is 2. The fourth-order valence-corrected chi connectivity index (χ4v) is 2.45. The Bertz CT molecular complexity index is 994. The monoisotopic (exact) mass is 347 g/mol. The Kier molecular flexibility index (Phi) is 4.51. The van der Waals surface area contributed by atoms with Crippen molar-refractivity contribution in [2.45, 2.75) is 19.9 Å². The van der Waals surface area contributed by atoms with Crippen LogP contribution in [-0.2, 0) is 6.54 Å². The summed E-state index contributed by atoms with van der Waals surface area (Å²) < 4.78 is 33.1. The number of rotatable bonds is 4. The second-order valence-electron chi connectivity index (χ2n) is 5.41. The van der Waals surface area contributed by atoms with Crippen molar-refractivity contribution in [2.24, 2.45) is 0 Å². The van der Waals surface area contributed by atoms with Gasteiger partial charge in [-0.25, -0.2) is 18.4 Å². The lowest BCUT2D eigenvalue weighted by atomic mass is 10.2. The lowest BCUT2D eigenvalue weighted by molar-refractivity contribution is 0.262. The van der Waals surface area contributed by atoms with Crippen molar-refractivity contribution in [3.63, 3.8) is 0 Å². The molecule has 3 aromatic rings. The molecule has 6 nitrogen and oxygen atoms in total. The van der Waals surface area contributed by atoms with E-state index in [1.165, 1.54) is 10.6 Å². The molecule has 130 valence electrons. The fraction of sp³-hybridized carbons (Fsp3) is 0.176. The molecule has 0 saturated carbocycles. The first-order valence-corrected chi connectivity index (χ1v) is 7.64. The van der Waals surface area contributed by atoms with Gasteiger partial charge in [0.05, 0.1) is 11.2 Å². The van der Waals surface area contributed by atoms with Crippen LogP contribution in [-0.4, -0.2) is 10.6 Å². The number of nitrogens with zero attached hydrogens (tertiary/aromatic N) is 1. The minimum Gasteiger partial charge on any atom is -0.408 e. The van der Waals surface area contributed by atoms with E-state index >= 15 is 0 Å². The largest absolute Gasteiger partial charge is 0.419 e. The molecule has 0 spiro atoms. The van der Waals surface area contributed by atoms with Crippen LogP contribution in [0.5, 0.6) is 0 Å². The predicted molar refractivity (Wildman–Crippen MR) is 89.8 cm³/mol. The summed E-state index contributed by atoms with van der Waals surface area (Å²) in [5.74, 6) is -2.08. The molecule has 0 bridgehead atoms. The number of carbonyl (C=O) groups is 1. The molecule has 0 unspecified atom stereocenters. The minimum atomic E-state index is -0.881. The lowest BCUT2D eigenvalue weighted by Crippen LogP contribution is -2.20. The third-order valence-electron chi connectivity index (χ3n) is 3.55. The van der Waals surface area contributed by atoms with Gasteiger partial charge >= 0.3 is 11.8 Å². The normalized spacial score (nSPS) is 10.8. The third kappa shape index (κ3) is 3.52. The highest BCUT2D eigenvalue weighted by Crippen LogP contribution is 2.20. The highest BCUT2D eigenvalue weighted by molar-refractivity contribution is 6.00. The molecule has 2 aromatic carbocycles. The number of hydrogen-bond donors (Lipinski definition) is 2. The number of nitrogens with one attached hydrogen (secondary N) is 2. The van der Waals surface area contributed by atoms with Gasteiger partial charge in [-0.3, -0.25) is 4.57 Å². The van der Waals surface area contributed by atoms with E-state index in [9.17, 15) is 18.4 Å². The Labute approximate surface area is 141 Å². The smallest absolute Gasteiger partial charge is 0.408 e. The summed E-state index contributed by atoms with van der Waals surface area (Å²) in [6.45, 7) is 2.48. The number of fused-ring (bicyclic) bond motifs is 1. The average Bonchev–Trinajstić information content (AvgIpc) is 2.86. The predicted octanol–water partition coefficient (Wildman–Crippen LogP) is 3.93. The quantitative estimate of drug-likeness (QED) is 0.751. The second-order valence-corrected chi connectivity index (χ2v) is 5.41. The van der Waals surface area contributed by atoms with E-state index < -0.39 is 23.4 Å². The van der Waals surface area contributed by atoms with Crippen molar-refractivity contribution in [1.82, 2.24) is 4.57 Å². The van der Waals surface area contributed by atoms with E-state index in [1.54, 1.807) is 12.1 Å². The SMILES string of the molecule is CCCn1c(=O)oc2cc(NC(=O)Nc3ccc(F)cc3F)ccc21. The maximum atomic E-state index is 13.5. The number of carbonyl (C=O) groups excluding carboxylic acids is 1. The van der Waals surface area contributed by atoms with Gasteiger partial charge in [0.25, 0.3) is 0 Å². The number of oxazole rings is 1. The van der Waals surface area contributed by atoms with Crippen LogP contribution in [0.2, 0.25) is 0 Å². The first kappa shape index (κ1) is 16.7. The van der Waals surface area contributed by atoms with E-state index in [-0.39, 0.29) is 5.69 Å². The standard InChI is InChI=1S/C17H15F2N3O3/c1-2-7-22-14-6-4-11(9-15(14)25-17(22)24)20-16(23)21-13-5-3-10(18)8-12(13)19/h3-6,8-9H,2,7H2,1H3,(H2,20,21,23). The number of aromatic nitrogens is 1. The zero-order valence-corrected chi connectivity index (χ0v) is 13.3. The van der Waals surface area contributed by atoms with Crippen LogP contribution in [0.25, 0.3) is 11.1 Å². The lowest BCUT2D eigenvalue weighted by Gasteiger charge is -2.08. The van der Waals surface area contributed by atoms with Gasteiger partial charge in [0.2, 0.25) is 0 Å². The highest BCUT2D eigenvalue weighted by atomic mass is 19.1. The van der Waals surface area contributed by atoms with Gasteiger partial charge in [0, 0.05) is 24.4 Å². The molecule has 25 heavy (non-hydrogen) atoms. The van der Waals surface area contributed by atoms with Crippen molar-refractivity contribution in [1.29, 1.82) is 0 Å². The Morgan fingerprint density at radius 2 is 1.96 bits per heavy atom. The molecule has 1 heterocycles. The fourth-order valence-electron chi connectivity index (χ4n) is 2.45. The summed E-state index contributed by atoms with van der Waals surface area (Å²) in [7, 11) is 0. The zero-order chi connectivity index (χ0) is 18.0. The summed E-state index contributed by atoms with van der Waals surface area (Å²) in [5, 5.41) is 4.78. The van der Waals surface area contributed by atoms with E-state index in [1.807, 2.05) is 6.92 Å². The first-order chi connectivity index (χ1) is 12.0. The van der Waals surface area contributed by atoms with Crippen LogP contribution in [0.4, 0.5) is 25.0 Å². The maximum absolute atomic E-state index is 13.5. The Morgan fingerprint density at radius 3 is 2.68 bits per heavy atom. The van der Waals surface area contributed by atoms with Gasteiger partial charge in [-0.1, -0.05) is 6.92 Å². The number of halogens is 2. The molecule has 0 fully saturated rings. The van der Waals surface area contributed by atoms with E-state index in [2.05, 4.69) is 10.6 Å². The molecule has 1 aromatic heterocycles. The first-order valence-electron chi connectivity index (χ1n) is 7.64. The van der Waals surface area contributed by atoms with Crippen LogP contribution in [0, 0.1) is 11.6 Å². The number of amides is 2. The molecule has 0 atom stereocenters. The zero-order valence-electron chi connectivity index (χ0n) is 13.3. The number of hydrogen-bond acceptors (Lipinski definition) is 3. The number of aryl methyl sites for hydroxylation is 1. The summed E-state index contributed by atoms with van der Waals surface area (Å²) in [5.41, 5.74) is 1.18.